The smallest absolute Gasteiger partial charge is 0.205 e. The Hall–Kier alpha value is -2.52. The Balaban J connectivity index is 1.51. The largest absolute Gasteiger partial charge is 0.469 e. The van der Waals surface area contributed by atoms with Crippen LogP contribution in [0.5, 0.6) is 0 Å². The number of rotatable bonds is 1. The Labute approximate surface area is 172 Å². The molecule has 1 saturated carbocycles. The highest BCUT2D eigenvalue weighted by Crippen LogP contribution is 2.63. The Kier molecular flexibility index (Phi) is 3.58. The van der Waals surface area contributed by atoms with E-state index in [4.69, 9.17) is 9.47 Å². The first-order chi connectivity index (χ1) is 14.0. The quantitative estimate of drug-likeness (QED) is 0.634. The summed E-state index contributed by atoms with van der Waals surface area (Å²) in [6.45, 7) is 8.65. The van der Waals surface area contributed by atoms with E-state index in [1.165, 1.54) is 33.5 Å². The van der Waals surface area contributed by atoms with Crippen LogP contribution in [0.3, 0.4) is 0 Å². The van der Waals surface area contributed by atoms with E-state index in [9.17, 15) is 0 Å². The van der Waals surface area contributed by atoms with Crippen molar-refractivity contribution < 1.29 is 9.47 Å². The summed E-state index contributed by atoms with van der Waals surface area (Å²) in [7, 11) is 0. The average molecular weight is 386 g/mol. The van der Waals surface area contributed by atoms with Crippen molar-refractivity contribution >= 4 is 11.8 Å². The molecule has 4 aliphatic rings. The maximum atomic E-state index is 6.27. The van der Waals surface area contributed by atoms with E-state index in [0.29, 0.717) is 17.9 Å². The predicted molar refractivity (Wildman–Crippen MR) is 116 cm³/mol. The van der Waals surface area contributed by atoms with Gasteiger partial charge in [-0.15, -0.1) is 0 Å². The third-order valence-corrected chi connectivity index (χ3v) is 7.24. The molecule has 6 atom stereocenters. The standard InChI is InChI=1S/C26H27NO2/c1-14-9-11-19-22(17(14)4)21-12-10-18-7-5-6-8-20(18)27(21)25-23(19)24(25)26-28-15(2)13-16(3)29-26/h5-13,15,21,23-26H,1-4H3. The van der Waals surface area contributed by atoms with Crippen molar-refractivity contribution in [2.75, 3.05) is 4.90 Å². The summed E-state index contributed by atoms with van der Waals surface area (Å²) in [5.41, 5.74) is 8.39. The SMILES string of the molecule is CC1=CC(C)OC(C2C3c4ccc(C)c(C)c4C4C=Cc5ccccc5N4C32)O1. The molecular formula is C26H27NO2. The van der Waals surface area contributed by atoms with Crippen LogP contribution < -0.4 is 4.90 Å². The lowest BCUT2D eigenvalue weighted by molar-refractivity contribution is -0.162. The van der Waals surface area contributed by atoms with Crippen LogP contribution in [0.4, 0.5) is 5.69 Å². The van der Waals surface area contributed by atoms with Gasteiger partial charge in [0.1, 0.15) is 0 Å². The van der Waals surface area contributed by atoms with Crippen molar-refractivity contribution in [1.29, 1.82) is 0 Å². The Bertz CT molecular complexity index is 1070. The minimum Gasteiger partial charge on any atom is -0.469 e. The minimum atomic E-state index is -0.184. The maximum absolute atomic E-state index is 6.27. The number of anilines is 1. The molecule has 1 fully saturated rings. The van der Waals surface area contributed by atoms with Gasteiger partial charge in [0, 0.05) is 17.6 Å². The molecule has 3 heteroatoms. The van der Waals surface area contributed by atoms with E-state index in [2.05, 4.69) is 80.3 Å². The molecule has 0 N–H and O–H groups in total. The average Bonchev–Trinajstić information content (AvgIpc) is 3.45. The van der Waals surface area contributed by atoms with E-state index in [0.717, 1.165) is 5.76 Å². The monoisotopic (exact) mass is 385 g/mol. The first kappa shape index (κ1) is 17.3. The maximum Gasteiger partial charge on any atom is 0.205 e. The normalized spacial score (nSPS) is 33.7. The summed E-state index contributed by atoms with van der Waals surface area (Å²) in [5, 5.41) is 0. The van der Waals surface area contributed by atoms with Crippen molar-refractivity contribution in [3.8, 4) is 0 Å². The van der Waals surface area contributed by atoms with Crippen molar-refractivity contribution in [2.24, 2.45) is 5.92 Å². The molecule has 6 unspecified atom stereocenters. The summed E-state index contributed by atoms with van der Waals surface area (Å²) in [6, 6.07) is 14.1. The molecule has 0 amide bonds. The minimum absolute atomic E-state index is 0.0972. The number of aryl methyl sites for hydroxylation is 1. The van der Waals surface area contributed by atoms with Gasteiger partial charge in [0.25, 0.3) is 0 Å². The Morgan fingerprint density at radius 1 is 1.00 bits per heavy atom. The first-order valence-electron chi connectivity index (χ1n) is 10.7. The van der Waals surface area contributed by atoms with Crippen molar-refractivity contribution in [1.82, 2.24) is 0 Å². The fourth-order valence-electron chi connectivity index (χ4n) is 5.82. The molecule has 2 aromatic rings. The molecule has 0 aromatic heterocycles. The lowest BCUT2D eigenvalue weighted by Crippen LogP contribution is -2.38. The van der Waals surface area contributed by atoms with E-state index in [1.54, 1.807) is 0 Å². The molecule has 29 heavy (non-hydrogen) atoms. The van der Waals surface area contributed by atoms with Gasteiger partial charge >= 0.3 is 0 Å². The molecule has 0 radical (unpaired) electrons. The fourth-order valence-corrected chi connectivity index (χ4v) is 5.82. The van der Waals surface area contributed by atoms with Gasteiger partial charge in [-0.3, -0.25) is 0 Å². The van der Waals surface area contributed by atoms with Crippen LogP contribution >= 0.6 is 0 Å². The second-order valence-electron chi connectivity index (χ2n) is 8.98. The number of para-hydroxylation sites is 1. The summed E-state index contributed by atoms with van der Waals surface area (Å²) in [5.74, 6) is 1.77. The number of fused-ring (bicyclic) bond motifs is 8. The molecule has 148 valence electrons. The molecule has 3 heterocycles. The van der Waals surface area contributed by atoms with Crippen molar-refractivity contribution in [2.45, 2.75) is 58.1 Å². The zero-order valence-electron chi connectivity index (χ0n) is 17.4. The van der Waals surface area contributed by atoms with E-state index < -0.39 is 0 Å². The van der Waals surface area contributed by atoms with E-state index in [1.807, 2.05) is 6.92 Å². The zero-order chi connectivity index (χ0) is 19.9. The van der Waals surface area contributed by atoms with Crippen LogP contribution in [-0.2, 0) is 9.47 Å². The predicted octanol–water partition coefficient (Wildman–Crippen LogP) is 5.64. The van der Waals surface area contributed by atoms with Crippen LogP contribution in [0, 0.1) is 19.8 Å². The van der Waals surface area contributed by atoms with Gasteiger partial charge in [-0.2, -0.15) is 0 Å². The molecule has 0 bridgehead atoms. The van der Waals surface area contributed by atoms with Crippen LogP contribution in [0.25, 0.3) is 6.08 Å². The highest BCUT2D eigenvalue weighted by Gasteiger charge is 2.64. The number of nitrogens with zero attached hydrogens (tertiary/aromatic N) is 1. The van der Waals surface area contributed by atoms with Gasteiger partial charge in [0.05, 0.1) is 23.8 Å². The summed E-state index contributed by atoms with van der Waals surface area (Å²) in [4.78, 5) is 2.64. The number of benzene rings is 2. The fraction of sp³-hybridized carbons (Fsp3) is 0.385. The topological polar surface area (TPSA) is 21.7 Å². The van der Waals surface area contributed by atoms with Crippen LogP contribution in [-0.4, -0.2) is 18.4 Å². The Morgan fingerprint density at radius 2 is 1.83 bits per heavy atom. The third-order valence-electron chi connectivity index (χ3n) is 7.24. The lowest BCUT2D eigenvalue weighted by atomic mass is 9.84. The lowest BCUT2D eigenvalue weighted by Gasteiger charge is -2.41. The molecule has 0 spiro atoms. The second kappa shape index (κ2) is 5.99. The molecule has 3 nitrogen and oxygen atoms in total. The van der Waals surface area contributed by atoms with Crippen LogP contribution in [0.2, 0.25) is 0 Å². The molecule has 1 aliphatic carbocycles. The van der Waals surface area contributed by atoms with E-state index in [-0.39, 0.29) is 18.4 Å². The number of hydrogen-bond acceptors (Lipinski definition) is 3. The summed E-state index contributed by atoms with van der Waals surface area (Å²) < 4.78 is 12.5. The first-order valence-corrected chi connectivity index (χ1v) is 10.7. The zero-order valence-corrected chi connectivity index (χ0v) is 17.4. The Morgan fingerprint density at radius 3 is 2.66 bits per heavy atom. The van der Waals surface area contributed by atoms with Gasteiger partial charge in [-0.25, -0.2) is 0 Å². The van der Waals surface area contributed by atoms with Gasteiger partial charge in [0.15, 0.2) is 0 Å². The molecule has 0 saturated heterocycles. The number of hydrogen-bond donors (Lipinski definition) is 0. The van der Waals surface area contributed by atoms with Crippen molar-refractivity contribution in [3.05, 3.63) is 82.1 Å². The van der Waals surface area contributed by atoms with Crippen LogP contribution in [0.1, 0.15) is 53.6 Å². The van der Waals surface area contributed by atoms with Gasteiger partial charge < -0.3 is 14.4 Å². The molecule has 6 rings (SSSR count). The number of ether oxygens (including phenoxy) is 2. The highest BCUT2D eigenvalue weighted by molar-refractivity contribution is 5.77. The summed E-state index contributed by atoms with van der Waals surface area (Å²) in [6.07, 6.45) is 6.65. The number of allylic oxidation sites excluding steroid dienone is 1. The van der Waals surface area contributed by atoms with Crippen LogP contribution in [0.15, 0.2) is 54.3 Å². The van der Waals surface area contributed by atoms with E-state index >= 15 is 0 Å². The molecular weight excluding hydrogens is 358 g/mol. The van der Waals surface area contributed by atoms with Crippen molar-refractivity contribution in [3.63, 3.8) is 0 Å². The molecule has 2 aromatic carbocycles. The highest BCUT2D eigenvalue weighted by atomic mass is 16.7. The van der Waals surface area contributed by atoms with Gasteiger partial charge in [0.2, 0.25) is 6.29 Å². The van der Waals surface area contributed by atoms with Gasteiger partial charge in [-0.1, -0.05) is 42.5 Å². The van der Waals surface area contributed by atoms with Gasteiger partial charge in [-0.05, 0) is 67.7 Å². The second-order valence-corrected chi connectivity index (χ2v) is 8.98. The third kappa shape index (κ3) is 2.40. The molecule has 3 aliphatic heterocycles. The summed E-state index contributed by atoms with van der Waals surface area (Å²) >= 11 is 0.